The van der Waals surface area contributed by atoms with Crippen LogP contribution >= 0.6 is 80.9 Å². The lowest BCUT2D eigenvalue weighted by molar-refractivity contribution is -0.139. The van der Waals surface area contributed by atoms with E-state index in [0.29, 0.717) is 4.90 Å². The fourth-order valence-corrected chi connectivity index (χ4v) is 2.26. The maximum atomic E-state index is 12.3. The van der Waals surface area contributed by atoms with E-state index in [2.05, 4.69) is 9.72 Å². The first-order valence-electron chi connectivity index (χ1n) is 6.44. The molecule has 0 aliphatic heterocycles. The molecule has 0 spiro atoms. The second-order valence-corrected chi connectivity index (χ2v) is 10.2. The molecule has 0 aliphatic rings. The molecule has 0 aromatic carbocycles. The molecule has 1 aromatic rings. The van der Waals surface area contributed by atoms with E-state index < -0.39 is 45.1 Å². The third-order valence-corrected chi connectivity index (χ3v) is 3.56. The lowest BCUT2D eigenvalue weighted by atomic mass is 10.4. The smallest absolute Gasteiger partial charge is 0.417 e. The Labute approximate surface area is 186 Å². The minimum Gasteiger partial charge on any atom is -0.478 e. The van der Waals surface area contributed by atoms with Crippen molar-refractivity contribution in [3.8, 4) is 0 Å². The zero-order valence-corrected chi connectivity index (χ0v) is 18.1. The van der Waals surface area contributed by atoms with Gasteiger partial charge >= 0.3 is 18.2 Å². The van der Waals surface area contributed by atoms with Crippen LogP contribution in [0.15, 0.2) is 10.9 Å². The summed E-state index contributed by atoms with van der Waals surface area (Å²) in [5.74, 6) is -1.80. The van der Waals surface area contributed by atoms with Gasteiger partial charge in [-0.05, 0) is 0 Å². The minimum atomic E-state index is -1.99. The Morgan fingerprint density at radius 2 is 1.70 bits per heavy atom. The monoisotopic (exact) mass is 521 g/mol. The van der Waals surface area contributed by atoms with E-state index in [1.54, 1.807) is 0 Å². The van der Waals surface area contributed by atoms with Crippen LogP contribution in [-0.2, 0) is 14.3 Å². The van der Waals surface area contributed by atoms with Crippen molar-refractivity contribution in [3.05, 3.63) is 10.9 Å². The van der Waals surface area contributed by atoms with Crippen LogP contribution in [0, 0.1) is 0 Å². The summed E-state index contributed by atoms with van der Waals surface area (Å²) in [5.41, 5.74) is 1.31. The number of nitrogens with zero attached hydrogens (tertiary/aromatic N) is 2. The number of halogens is 6. The predicted octanol–water partition coefficient (Wildman–Crippen LogP) is 3.96. The van der Waals surface area contributed by atoms with Crippen LogP contribution in [0.3, 0.4) is 0 Å². The van der Waals surface area contributed by atoms with Crippen LogP contribution in [0.4, 0.5) is 15.4 Å². The zero-order chi connectivity index (χ0) is 20.8. The molecule has 1 unspecified atom stereocenters. The van der Waals surface area contributed by atoms with E-state index in [1.807, 2.05) is 5.32 Å². The molecule has 2 N–H and O–H groups in total. The first kappa shape index (κ1) is 24.4. The zero-order valence-electron chi connectivity index (χ0n) is 12.7. The van der Waals surface area contributed by atoms with Crippen LogP contribution in [0.5, 0.6) is 0 Å². The highest BCUT2D eigenvalue weighted by Gasteiger charge is 2.37. The number of aliphatic carboxylic acids is 1. The third kappa shape index (κ3) is 9.42. The summed E-state index contributed by atoms with van der Waals surface area (Å²) in [6.45, 7) is -1.37. The molecule has 0 radical (unpaired) electrons. The molecule has 9 nitrogen and oxygen atoms in total. The highest BCUT2D eigenvalue weighted by Crippen LogP contribution is 2.27. The molecule has 1 rings (SSSR count). The van der Waals surface area contributed by atoms with Gasteiger partial charge in [-0.1, -0.05) is 69.6 Å². The Balaban J connectivity index is 2.99. The van der Waals surface area contributed by atoms with E-state index in [1.165, 1.54) is 10.9 Å². The van der Waals surface area contributed by atoms with Crippen molar-refractivity contribution in [2.24, 2.45) is 0 Å². The van der Waals surface area contributed by atoms with Crippen molar-refractivity contribution in [1.82, 2.24) is 10.3 Å². The number of hydrogen-bond donors (Lipinski definition) is 2. The Hall–Kier alpha value is -0.620. The summed E-state index contributed by atoms with van der Waals surface area (Å²) >= 11 is 33.8. The van der Waals surface area contributed by atoms with Gasteiger partial charge in [-0.15, -0.1) is 11.3 Å². The van der Waals surface area contributed by atoms with Gasteiger partial charge in [-0.2, -0.15) is 0 Å². The van der Waals surface area contributed by atoms with Crippen molar-refractivity contribution in [3.63, 3.8) is 0 Å². The van der Waals surface area contributed by atoms with E-state index in [9.17, 15) is 19.5 Å². The van der Waals surface area contributed by atoms with Gasteiger partial charge in [-0.3, -0.25) is 5.32 Å². The van der Waals surface area contributed by atoms with Gasteiger partial charge in [-0.25, -0.2) is 24.3 Å². The molecule has 2 amide bonds. The van der Waals surface area contributed by atoms with Crippen LogP contribution in [0.2, 0.25) is 0 Å². The first-order chi connectivity index (χ1) is 12.3. The minimum absolute atomic E-state index is 0.150. The lowest BCUT2D eigenvalue weighted by Crippen LogP contribution is -2.56. The molecule has 0 saturated heterocycles. The highest BCUT2D eigenvalue weighted by molar-refractivity contribution is 7.07. The van der Waals surface area contributed by atoms with Crippen LogP contribution in [0.1, 0.15) is 0 Å². The molecule has 1 heterocycles. The Bertz CT molecular complexity index is 665. The molecule has 1 aromatic heterocycles. The summed E-state index contributed by atoms with van der Waals surface area (Å²) in [6, 6.07) is 0. The molecule has 152 valence electrons. The fraction of sp³-hybridized carbons (Fsp3) is 0.455. The number of carboxylic acid groups (broad SMARTS) is 1. The third-order valence-electron chi connectivity index (χ3n) is 2.34. The molecule has 0 bridgehead atoms. The first-order valence-corrected chi connectivity index (χ1v) is 9.65. The molecular weight excluding hydrogens is 515 g/mol. The van der Waals surface area contributed by atoms with Crippen LogP contribution in [0.25, 0.3) is 0 Å². The molecule has 0 saturated carbocycles. The number of alkyl halides is 6. The number of alkyl carbamates (subject to hydrolysis) is 1. The van der Waals surface area contributed by atoms with Crippen molar-refractivity contribution < 1.29 is 29.0 Å². The normalized spacial score (nSPS) is 12.8. The quantitative estimate of drug-likeness (QED) is 0.428. The standard InChI is InChI=1S/C11H9Cl6N3O6S/c12-10(13,14)2-25-8(23)19-6(7(21)22)20(5-1-27-4-18-5)9(24)26-3-11(15,16)17/h1,4,6H,2-3H2,(H,19,23)(H,21,22). The number of carbonyl (C=O) groups is 3. The van der Waals surface area contributed by atoms with Gasteiger partial charge in [0, 0.05) is 5.38 Å². The number of ether oxygens (including phenoxy) is 2. The average Bonchev–Trinajstić information content (AvgIpc) is 3.02. The van der Waals surface area contributed by atoms with E-state index in [-0.39, 0.29) is 5.82 Å². The highest BCUT2D eigenvalue weighted by atomic mass is 35.6. The van der Waals surface area contributed by atoms with E-state index in [0.717, 1.165) is 11.3 Å². The molecular formula is C11H9Cl6N3O6S. The van der Waals surface area contributed by atoms with Crippen molar-refractivity contribution >= 4 is 105 Å². The summed E-state index contributed by atoms with van der Waals surface area (Å²) < 4.78 is 5.47. The summed E-state index contributed by atoms with van der Waals surface area (Å²) in [4.78, 5) is 40.0. The molecule has 16 heteroatoms. The molecule has 0 fully saturated rings. The number of thiazole rings is 1. The molecule has 1 atom stereocenters. The average molecular weight is 524 g/mol. The Kier molecular flexibility index (Phi) is 9.26. The number of aromatic nitrogens is 1. The summed E-state index contributed by atoms with van der Waals surface area (Å²) in [7, 11) is 0. The van der Waals surface area contributed by atoms with Crippen molar-refractivity contribution in [2.75, 3.05) is 18.1 Å². The molecule has 27 heavy (non-hydrogen) atoms. The number of hydrogen-bond acceptors (Lipinski definition) is 7. The SMILES string of the molecule is O=C(NC(C(=O)O)N(C(=O)OCC(Cl)(Cl)Cl)c1cscn1)OCC(Cl)(Cl)Cl. The number of carbonyl (C=O) groups excluding carboxylic acids is 2. The number of amides is 2. The van der Waals surface area contributed by atoms with E-state index in [4.69, 9.17) is 74.3 Å². The second kappa shape index (κ2) is 10.2. The number of rotatable bonds is 6. The van der Waals surface area contributed by atoms with Gasteiger partial charge in [0.15, 0.2) is 5.82 Å². The molecule has 0 aliphatic carbocycles. The van der Waals surface area contributed by atoms with Gasteiger partial charge in [0.25, 0.3) is 0 Å². The van der Waals surface area contributed by atoms with E-state index >= 15 is 0 Å². The van der Waals surface area contributed by atoms with Gasteiger partial charge in [0.2, 0.25) is 13.8 Å². The van der Waals surface area contributed by atoms with Crippen molar-refractivity contribution in [2.45, 2.75) is 13.8 Å². The number of nitrogens with one attached hydrogen (secondary N) is 1. The second-order valence-electron chi connectivity index (χ2n) is 4.46. The van der Waals surface area contributed by atoms with Crippen molar-refractivity contribution in [1.29, 1.82) is 0 Å². The van der Waals surface area contributed by atoms with Gasteiger partial charge < -0.3 is 14.6 Å². The number of anilines is 1. The van der Waals surface area contributed by atoms with Gasteiger partial charge in [0.05, 0.1) is 5.51 Å². The van der Waals surface area contributed by atoms with Gasteiger partial charge in [0.1, 0.15) is 13.2 Å². The predicted molar refractivity (Wildman–Crippen MR) is 102 cm³/mol. The summed E-state index contributed by atoms with van der Waals surface area (Å²) in [5, 5.41) is 12.6. The maximum absolute atomic E-state index is 12.3. The largest absolute Gasteiger partial charge is 0.478 e. The Morgan fingerprint density at radius 1 is 1.15 bits per heavy atom. The lowest BCUT2D eigenvalue weighted by Gasteiger charge is -2.27. The fourth-order valence-electron chi connectivity index (χ4n) is 1.41. The Morgan fingerprint density at radius 3 is 2.15 bits per heavy atom. The van der Waals surface area contributed by atoms with Crippen LogP contribution in [-0.4, -0.2) is 55.2 Å². The topological polar surface area (TPSA) is 118 Å². The summed E-state index contributed by atoms with van der Waals surface area (Å²) in [6.07, 6.45) is -4.54. The van der Waals surface area contributed by atoms with Crippen LogP contribution < -0.4 is 10.2 Å². The maximum Gasteiger partial charge on any atom is 0.417 e. The number of carboxylic acids is 1.